The topological polar surface area (TPSA) is 84.7 Å². The molecule has 0 saturated carbocycles. The molecule has 20 heavy (non-hydrogen) atoms. The van der Waals surface area contributed by atoms with Gasteiger partial charge >= 0.3 is 12.0 Å². The standard InChI is InChI=1S/C14H19N3O3/c15-14(19)17-9-4-7-12(16-17)13(18)20-10-8-11-5-2-1-3-6-11/h1-3,5-6,12,16H,4,7-10H2,(H2,15,19)/t12-/m0/s1. The number of rotatable bonds is 4. The molecule has 6 nitrogen and oxygen atoms in total. The zero-order chi connectivity index (χ0) is 14.4. The number of benzene rings is 1. The molecule has 0 bridgehead atoms. The molecule has 1 aliphatic heterocycles. The molecule has 0 radical (unpaired) electrons. The molecular formula is C14H19N3O3. The molecule has 3 N–H and O–H groups in total. The number of primary amides is 1. The second-order valence-electron chi connectivity index (χ2n) is 4.72. The van der Waals surface area contributed by atoms with E-state index in [4.69, 9.17) is 10.5 Å². The van der Waals surface area contributed by atoms with Crippen LogP contribution in [0.5, 0.6) is 0 Å². The van der Waals surface area contributed by atoms with Crippen LogP contribution in [0.2, 0.25) is 0 Å². The lowest BCUT2D eigenvalue weighted by Crippen LogP contribution is -2.56. The van der Waals surface area contributed by atoms with Gasteiger partial charge in [0, 0.05) is 13.0 Å². The SMILES string of the molecule is NC(=O)N1CCC[C@@H](C(=O)OCCc2ccccc2)N1. The van der Waals surface area contributed by atoms with Crippen LogP contribution >= 0.6 is 0 Å². The zero-order valence-corrected chi connectivity index (χ0v) is 11.2. The minimum atomic E-state index is -0.577. The molecule has 2 rings (SSSR count). The summed E-state index contributed by atoms with van der Waals surface area (Å²) < 4.78 is 5.23. The molecule has 6 heteroatoms. The fourth-order valence-electron chi connectivity index (χ4n) is 2.13. The fourth-order valence-corrected chi connectivity index (χ4v) is 2.13. The zero-order valence-electron chi connectivity index (χ0n) is 11.2. The van der Waals surface area contributed by atoms with E-state index in [1.807, 2.05) is 30.3 Å². The van der Waals surface area contributed by atoms with Gasteiger partial charge in [0.05, 0.1) is 6.61 Å². The van der Waals surface area contributed by atoms with E-state index in [9.17, 15) is 9.59 Å². The maximum Gasteiger partial charge on any atom is 0.329 e. The fraction of sp³-hybridized carbons (Fsp3) is 0.429. The summed E-state index contributed by atoms with van der Waals surface area (Å²) in [6.45, 7) is 0.848. The third-order valence-electron chi connectivity index (χ3n) is 3.21. The number of nitrogens with two attached hydrogens (primary N) is 1. The van der Waals surface area contributed by atoms with E-state index in [0.29, 0.717) is 26.0 Å². The van der Waals surface area contributed by atoms with Crippen molar-refractivity contribution in [2.75, 3.05) is 13.2 Å². The van der Waals surface area contributed by atoms with Crippen LogP contribution < -0.4 is 11.2 Å². The van der Waals surface area contributed by atoms with Gasteiger partial charge in [0.15, 0.2) is 0 Å². The first-order valence-electron chi connectivity index (χ1n) is 6.70. The number of carbonyl (C=O) groups excluding carboxylic acids is 2. The number of nitrogens with one attached hydrogen (secondary N) is 1. The highest BCUT2D eigenvalue weighted by Crippen LogP contribution is 2.09. The highest BCUT2D eigenvalue weighted by atomic mass is 16.5. The molecule has 1 aliphatic rings. The summed E-state index contributed by atoms with van der Waals surface area (Å²) in [5.74, 6) is -0.341. The van der Waals surface area contributed by atoms with E-state index in [1.165, 1.54) is 5.01 Å². The van der Waals surface area contributed by atoms with Gasteiger partial charge in [0.1, 0.15) is 6.04 Å². The van der Waals surface area contributed by atoms with Crippen molar-refractivity contribution >= 4 is 12.0 Å². The smallest absolute Gasteiger partial charge is 0.329 e. The number of hydrazine groups is 1. The summed E-state index contributed by atoms with van der Waals surface area (Å²) in [6.07, 6.45) is 2.06. The van der Waals surface area contributed by atoms with E-state index in [-0.39, 0.29) is 5.97 Å². The Morgan fingerprint density at radius 3 is 2.80 bits per heavy atom. The molecule has 1 heterocycles. The predicted molar refractivity (Wildman–Crippen MR) is 73.6 cm³/mol. The van der Waals surface area contributed by atoms with Gasteiger partial charge in [-0.2, -0.15) is 0 Å². The summed E-state index contributed by atoms with van der Waals surface area (Å²) in [5.41, 5.74) is 9.08. The molecule has 1 saturated heterocycles. The highest BCUT2D eigenvalue weighted by Gasteiger charge is 2.27. The van der Waals surface area contributed by atoms with E-state index >= 15 is 0 Å². The average molecular weight is 277 g/mol. The van der Waals surface area contributed by atoms with Gasteiger partial charge in [-0.25, -0.2) is 10.2 Å². The number of carbonyl (C=O) groups is 2. The highest BCUT2D eigenvalue weighted by molar-refractivity contribution is 5.77. The molecule has 1 aromatic carbocycles. The van der Waals surface area contributed by atoms with E-state index in [0.717, 1.165) is 12.0 Å². The van der Waals surface area contributed by atoms with Gasteiger partial charge < -0.3 is 10.5 Å². The number of amides is 2. The summed E-state index contributed by atoms with van der Waals surface area (Å²) in [7, 11) is 0. The maximum absolute atomic E-state index is 11.9. The Kier molecular flexibility index (Phi) is 4.95. The van der Waals surface area contributed by atoms with Gasteiger partial charge in [-0.05, 0) is 18.4 Å². The molecule has 0 spiro atoms. The van der Waals surface area contributed by atoms with Crippen molar-refractivity contribution in [1.82, 2.24) is 10.4 Å². The first kappa shape index (κ1) is 14.3. The van der Waals surface area contributed by atoms with Crippen LogP contribution in [0, 0.1) is 0 Å². The molecule has 0 aromatic heterocycles. The first-order valence-corrected chi connectivity index (χ1v) is 6.70. The number of ether oxygens (including phenoxy) is 1. The molecule has 1 fully saturated rings. The Morgan fingerprint density at radius 2 is 2.10 bits per heavy atom. The Balaban J connectivity index is 1.75. The van der Waals surface area contributed by atoms with Gasteiger partial charge in [0.25, 0.3) is 0 Å². The Morgan fingerprint density at radius 1 is 1.35 bits per heavy atom. The summed E-state index contributed by atoms with van der Waals surface area (Å²) in [5, 5.41) is 1.26. The third-order valence-corrected chi connectivity index (χ3v) is 3.21. The molecule has 0 unspecified atom stereocenters. The van der Waals surface area contributed by atoms with Gasteiger partial charge in [-0.15, -0.1) is 0 Å². The minimum absolute atomic E-state index is 0.331. The molecular weight excluding hydrogens is 258 g/mol. The Hall–Kier alpha value is -2.08. The van der Waals surface area contributed by atoms with E-state index in [1.54, 1.807) is 0 Å². The number of esters is 1. The van der Waals surface area contributed by atoms with E-state index in [2.05, 4.69) is 5.43 Å². The molecule has 2 amide bonds. The van der Waals surface area contributed by atoms with Crippen LogP contribution in [-0.4, -0.2) is 36.2 Å². The van der Waals surface area contributed by atoms with Crippen molar-refractivity contribution in [3.05, 3.63) is 35.9 Å². The first-order chi connectivity index (χ1) is 9.66. The number of hydrogen-bond acceptors (Lipinski definition) is 4. The largest absolute Gasteiger partial charge is 0.464 e. The predicted octanol–water partition coefficient (Wildman–Crippen LogP) is 0.820. The van der Waals surface area contributed by atoms with Crippen molar-refractivity contribution in [2.45, 2.75) is 25.3 Å². The lowest BCUT2D eigenvalue weighted by atomic mass is 10.1. The summed E-state index contributed by atoms with van der Waals surface area (Å²) in [4.78, 5) is 22.9. The van der Waals surface area contributed by atoms with Gasteiger partial charge in [-0.1, -0.05) is 30.3 Å². The molecule has 1 atom stereocenters. The normalized spacial score (nSPS) is 18.6. The van der Waals surface area contributed by atoms with Crippen molar-refractivity contribution in [2.24, 2.45) is 5.73 Å². The van der Waals surface area contributed by atoms with Crippen LogP contribution in [0.4, 0.5) is 4.79 Å². The third kappa shape index (κ3) is 3.96. The van der Waals surface area contributed by atoms with Gasteiger partial charge in [-0.3, -0.25) is 9.80 Å². The minimum Gasteiger partial charge on any atom is -0.464 e. The van der Waals surface area contributed by atoms with Crippen LogP contribution in [0.3, 0.4) is 0 Å². The van der Waals surface area contributed by atoms with Crippen LogP contribution in [0.1, 0.15) is 18.4 Å². The number of nitrogens with zero attached hydrogens (tertiary/aromatic N) is 1. The van der Waals surface area contributed by atoms with Crippen molar-refractivity contribution in [3.63, 3.8) is 0 Å². The quantitative estimate of drug-likeness (QED) is 0.798. The molecule has 1 aromatic rings. The second kappa shape index (κ2) is 6.91. The van der Waals surface area contributed by atoms with E-state index < -0.39 is 12.1 Å². The number of hydrogen-bond donors (Lipinski definition) is 2. The van der Waals surface area contributed by atoms with Crippen molar-refractivity contribution < 1.29 is 14.3 Å². The van der Waals surface area contributed by atoms with Crippen molar-refractivity contribution in [1.29, 1.82) is 0 Å². The lowest BCUT2D eigenvalue weighted by Gasteiger charge is -2.31. The average Bonchev–Trinajstić information content (AvgIpc) is 2.48. The Bertz CT molecular complexity index is 464. The summed E-state index contributed by atoms with van der Waals surface area (Å²) >= 11 is 0. The van der Waals surface area contributed by atoms with Crippen LogP contribution in [-0.2, 0) is 16.0 Å². The molecule has 0 aliphatic carbocycles. The Labute approximate surface area is 117 Å². The maximum atomic E-state index is 11.9. The summed E-state index contributed by atoms with van der Waals surface area (Å²) in [6, 6.07) is 8.75. The van der Waals surface area contributed by atoms with Crippen LogP contribution in [0.25, 0.3) is 0 Å². The molecule has 108 valence electrons. The van der Waals surface area contributed by atoms with Gasteiger partial charge in [0.2, 0.25) is 0 Å². The lowest BCUT2D eigenvalue weighted by molar-refractivity contribution is -0.148. The van der Waals surface area contributed by atoms with Crippen molar-refractivity contribution in [3.8, 4) is 0 Å². The monoisotopic (exact) mass is 277 g/mol. The second-order valence-corrected chi connectivity index (χ2v) is 4.72. The van der Waals surface area contributed by atoms with Crippen LogP contribution in [0.15, 0.2) is 30.3 Å². The number of urea groups is 1.